The molecule has 2 heterocycles. The zero-order valence-corrected chi connectivity index (χ0v) is 10.6. The second-order valence-corrected chi connectivity index (χ2v) is 6.03. The molecule has 1 atom stereocenters. The van der Waals surface area contributed by atoms with Gasteiger partial charge in [-0.05, 0) is 40.2 Å². The number of sulfonamides is 1. The van der Waals surface area contributed by atoms with E-state index >= 15 is 0 Å². The lowest BCUT2D eigenvalue weighted by Crippen LogP contribution is -2.22. The fourth-order valence-electron chi connectivity index (χ4n) is 2.38. The summed E-state index contributed by atoms with van der Waals surface area (Å²) in [6.07, 6.45) is 2.91. The topological polar surface area (TPSA) is 64.0 Å². The number of fused-ring (bicyclic) bond motifs is 1. The van der Waals surface area contributed by atoms with Gasteiger partial charge in [0, 0.05) is 6.04 Å². The Hall–Kier alpha value is -0.880. The Morgan fingerprint density at radius 1 is 1.50 bits per heavy atom. The van der Waals surface area contributed by atoms with Crippen molar-refractivity contribution in [3.05, 3.63) is 11.5 Å². The van der Waals surface area contributed by atoms with Crippen LogP contribution in [-0.2, 0) is 16.4 Å². The van der Waals surface area contributed by atoms with Gasteiger partial charge in [0.2, 0.25) is 0 Å². The van der Waals surface area contributed by atoms with E-state index in [1.54, 1.807) is 0 Å². The van der Waals surface area contributed by atoms with E-state index in [0.29, 0.717) is 6.04 Å². The lowest BCUT2D eigenvalue weighted by atomic mass is 10.0. The van der Waals surface area contributed by atoms with Crippen LogP contribution in [0.25, 0.3) is 0 Å². The van der Waals surface area contributed by atoms with Crippen molar-refractivity contribution in [3.63, 3.8) is 0 Å². The van der Waals surface area contributed by atoms with Crippen LogP contribution in [-0.4, -0.2) is 25.0 Å². The van der Waals surface area contributed by atoms with E-state index in [9.17, 15) is 8.42 Å². The highest BCUT2D eigenvalue weighted by molar-refractivity contribution is 7.89. The summed E-state index contributed by atoms with van der Waals surface area (Å²) in [5, 5.41) is 0.207. The lowest BCUT2D eigenvalue weighted by molar-refractivity contribution is 0.420. The second-order valence-electron chi connectivity index (χ2n) is 4.23. The molecule has 0 saturated carbocycles. The Balaban J connectivity index is 2.63. The van der Waals surface area contributed by atoms with E-state index in [1.165, 1.54) is 7.05 Å². The summed E-state index contributed by atoms with van der Waals surface area (Å²) in [4.78, 5) is 4.20. The quantitative estimate of drug-likeness (QED) is 0.842. The summed E-state index contributed by atoms with van der Waals surface area (Å²) in [6.45, 7) is 3.97. The number of hydrogen-bond donors (Lipinski definition) is 1. The van der Waals surface area contributed by atoms with Crippen LogP contribution in [0, 0.1) is 6.92 Å². The lowest BCUT2D eigenvalue weighted by Gasteiger charge is -2.23. The summed E-state index contributed by atoms with van der Waals surface area (Å²) >= 11 is 0. The van der Waals surface area contributed by atoms with E-state index in [-0.39, 0.29) is 5.03 Å². The summed E-state index contributed by atoms with van der Waals surface area (Å²) in [7, 11) is -2.00. The minimum Gasteiger partial charge on any atom is -0.328 e. The zero-order valence-electron chi connectivity index (χ0n) is 9.82. The molecule has 0 aromatic carbocycles. The van der Waals surface area contributed by atoms with Crippen molar-refractivity contribution < 1.29 is 8.42 Å². The molecule has 0 saturated heterocycles. The Morgan fingerprint density at radius 2 is 2.19 bits per heavy atom. The van der Waals surface area contributed by atoms with Crippen LogP contribution in [0.5, 0.6) is 0 Å². The van der Waals surface area contributed by atoms with Crippen molar-refractivity contribution in [2.75, 3.05) is 7.05 Å². The van der Waals surface area contributed by atoms with Gasteiger partial charge in [0.05, 0.1) is 5.69 Å². The molecular weight excluding hydrogens is 226 g/mol. The molecule has 6 heteroatoms. The minimum atomic E-state index is -3.42. The molecule has 0 radical (unpaired) electrons. The monoisotopic (exact) mass is 243 g/mol. The Kier molecular flexibility index (Phi) is 2.79. The average Bonchev–Trinajstić information content (AvgIpc) is 2.58. The first-order chi connectivity index (χ1) is 7.47. The van der Waals surface area contributed by atoms with Crippen LogP contribution in [0.15, 0.2) is 5.03 Å². The zero-order chi connectivity index (χ0) is 11.9. The molecule has 2 rings (SSSR count). The van der Waals surface area contributed by atoms with Gasteiger partial charge >= 0.3 is 0 Å². The number of imidazole rings is 1. The van der Waals surface area contributed by atoms with Gasteiger partial charge in [0.25, 0.3) is 10.0 Å². The molecule has 16 heavy (non-hydrogen) atoms. The Bertz CT molecular complexity index is 504. The molecular formula is C10H17N3O2S. The summed E-state index contributed by atoms with van der Waals surface area (Å²) in [6, 6.07) is 0.344. The summed E-state index contributed by atoms with van der Waals surface area (Å²) in [5.74, 6) is 0.788. The second kappa shape index (κ2) is 3.85. The van der Waals surface area contributed by atoms with Gasteiger partial charge in [-0.2, -0.15) is 0 Å². The van der Waals surface area contributed by atoms with Crippen molar-refractivity contribution in [3.8, 4) is 0 Å². The van der Waals surface area contributed by atoms with E-state index in [2.05, 4.69) is 16.6 Å². The number of aromatic nitrogens is 2. The van der Waals surface area contributed by atoms with Gasteiger partial charge in [-0.15, -0.1) is 0 Å². The molecule has 0 fully saturated rings. The number of hydrogen-bond acceptors (Lipinski definition) is 3. The van der Waals surface area contributed by atoms with E-state index in [0.717, 1.165) is 30.8 Å². The standard InChI is InChI=1S/C10H17N3O2S/c1-7-5-4-6-9-10(16(14,15)11-3)12-8(2)13(7)9/h7,11H,4-6H2,1-3H3. The minimum absolute atomic E-state index is 0.207. The first-order valence-electron chi connectivity index (χ1n) is 5.48. The maximum atomic E-state index is 11.8. The van der Waals surface area contributed by atoms with Gasteiger partial charge in [-0.25, -0.2) is 18.1 Å². The first kappa shape index (κ1) is 11.6. The van der Waals surface area contributed by atoms with Crippen LogP contribution in [0.4, 0.5) is 0 Å². The van der Waals surface area contributed by atoms with Gasteiger partial charge in [0.15, 0.2) is 5.03 Å². The highest BCUT2D eigenvalue weighted by Crippen LogP contribution is 2.30. The third-order valence-electron chi connectivity index (χ3n) is 3.15. The molecule has 1 N–H and O–H groups in total. The largest absolute Gasteiger partial charge is 0.328 e. The predicted octanol–water partition coefficient (Wildman–Crippen LogP) is 0.997. The van der Waals surface area contributed by atoms with Gasteiger partial charge in [-0.1, -0.05) is 0 Å². The molecule has 0 spiro atoms. The van der Waals surface area contributed by atoms with E-state index < -0.39 is 10.0 Å². The van der Waals surface area contributed by atoms with E-state index in [1.807, 2.05) is 11.5 Å². The van der Waals surface area contributed by atoms with Crippen molar-refractivity contribution in [1.82, 2.24) is 14.3 Å². The van der Waals surface area contributed by atoms with Gasteiger partial charge in [0.1, 0.15) is 5.82 Å². The summed E-state index contributed by atoms with van der Waals surface area (Å²) in [5.41, 5.74) is 0.852. The first-order valence-corrected chi connectivity index (χ1v) is 6.97. The SMILES string of the molecule is CNS(=O)(=O)c1nc(C)n2c1CCCC2C. The van der Waals surface area contributed by atoms with Crippen LogP contribution in [0.1, 0.15) is 37.3 Å². The summed E-state index contributed by atoms with van der Waals surface area (Å²) < 4.78 is 28.0. The smallest absolute Gasteiger partial charge is 0.259 e. The Morgan fingerprint density at radius 3 is 2.81 bits per heavy atom. The van der Waals surface area contributed by atoms with Crippen molar-refractivity contribution in [2.24, 2.45) is 0 Å². The highest BCUT2D eigenvalue weighted by atomic mass is 32.2. The number of nitrogens with zero attached hydrogens (tertiary/aromatic N) is 2. The van der Waals surface area contributed by atoms with Crippen LogP contribution in [0.3, 0.4) is 0 Å². The van der Waals surface area contributed by atoms with Crippen molar-refractivity contribution >= 4 is 10.0 Å². The normalized spacial score (nSPS) is 20.8. The van der Waals surface area contributed by atoms with Gasteiger partial charge in [-0.3, -0.25) is 0 Å². The average molecular weight is 243 g/mol. The highest BCUT2D eigenvalue weighted by Gasteiger charge is 2.28. The third-order valence-corrected chi connectivity index (χ3v) is 4.52. The van der Waals surface area contributed by atoms with Crippen LogP contribution in [0.2, 0.25) is 0 Å². The Labute approximate surface area is 95.9 Å². The third kappa shape index (κ3) is 1.66. The predicted molar refractivity (Wildman–Crippen MR) is 60.9 cm³/mol. The fourth-order valence-corrected chi connectivity index (χ4v) is 3.34. The molecule has 0 amide bonds. The molecule has 0 aliphatic carbocycles. The molecule has 1 aliphatic rings. The number of aryl methyl sites for hydroxylation is 1. The molecule has 5 nitrogen and oxygen atoms in total. The van der Waals surface area contributed by atoms with E-state index in [4.69, 9.17) is 0 Å². The maximum absolute atomic E-state index is 11.8. The van der Waals surface area contributed by atoms with Crippen LogP contribution < -0.4 is 4.72 Å². The van der Waals surface area contributed by atoms with Crippen LogP contribution >= 0.6 is 0 Å². The fraction of sp³-hybridized carbons (Fsp3) is 0.700. The maximum Gasteiger partial charge on any atom is 0.259 e. The molecule has 1 aliphatic heterocycles. The number of rotatable bonds is 2. The molecule has 1 unspecified atom stereocenters. The molecule has 90 valence electrons. The van der Waals surface area contributed by atoms with Crippen molar-refractivity contribution in [2.45, 2.75) is 44.2 Å². The van der Waals surface area contributed by atoms with Gasteiger partial charge < -0.3 is 4.57 Å². The molecule has 1 aromatic rings. The number of nitrogens with one attached hydrogen (secondary N) is 1. The molecule has 1 aromatic heterocycles. The van der Waals surface area contributed by atoms with Crippen molar-refractivity contribution in [1.29, 1.82) is 0 Å². The molecule has 0 bridgehead atoms.